The third-order valence-corrected chi connectivity index (χ3v) is 3.60. The van der Waals surface area contributed by atoms with Crippen molar-refractivity contribution in [2.75, 3.05) is 0 Å². The molecule has 0 atom stereocenters. The summed E-state index contributed by atoms with van der Waals surface area (Å²) in [5.74, 6) is -0.473. The number of H-pyrrole nitrogens is 1. The number of hydrogen-bond acceptors (Lipinski definition) is 6. The number of aromatic nitrogens is 2. The van der Waals surface area contributed by atoms with Crippen LogP contribution in [0.5, 0.6) is 5.75 Å². The number of fused-ring (bicyclic) bond motifs is 1. The summed E-state index contributed by atoms with van der Waals surface area (Å²) in [6.07, 6.45) is 0.966. The first-order valence-electron chi connectivity index (χ1n) is 7.13. The Labute approximate surface area is 139 Å². The molecule has 0 aliphatic carbocycles. The fraction of sp³-hybridized carbons (Fsp3) is 0.0625. The Morgan fingerprint density at radius 1 is 1.24 bits per heavy atom. The van der Waals surface area contributed by atoms with E-state index >= 15 is 0 Å². The van der Waals surface area contributed by atoms with Gasteiger partial charge in [-0.25, -0.2) is 4.79 Å². The van der Waals surface area contributed by atoms with E-state index in [-0.39, 0.29) is 22.2 Å². The number of nitrogens with one attached hydrogen (secondary N) is 1. The van der Waals surface area contributed by atoms with E-state index in [1.54, 1.807) is 18.2 Å². The van der Waals surface area contributed by atoms with Crippen LogP contribution < -0.4 is 16.4 Å². The summed E-state index contributed by atoms with van der Waals surface area (Å²) in [7, 11) is 0. The molecule has 0 radical (unpaired) electrons. The zero-order chi connectivity index (χ0) is 18.1. The van der Waals surface area contributed by atoms with Gasteiger partial charge in [0.15, 0.2) is 0 Å². The Morgan fingerprint density at radius 2 is 1.96 bits per heavy atom. The minimum atomic E-state index is -0.783. The topological polar surface area (TPSA) is 133 Å². The molecule has 0 saturated carbocycles. The molecular weight excluding hydrogens is 328 g/mol. The van der Waals surface area contributed by atoms with Crippen LogP contribution in [-0.4, -0.2) is 20.8 Å². The van der Waals surface area contributed by atoms with Crippen molar-refractivity contribution in [3.8, 4) is 5.75 Å². The maximum atomic E-state index is 12.3. The molecule has 0 fully saturated rings. The Kier molecular flexibility index (Phi) is 3.89. The van der Waals surface area contributed by atoms with Crippen molar-refractivity contribution in [1.29, 1.82) is 0 Å². The molecule has 9 heteroatoms. The third-order valence-electron chi connectivity index (χ3n) is 3.60. The van der Waals surface area contributed by atoms with Crippen molar-refractivity contribution < 1.29 is 10.0 Å². The number of rotatable bonds is 3. The number of hydrogen-bond donors (Lipinski definition) is 1. The molecule has 1 aromatic heterocycles. The van der Waals surface area contributed by atoms with Crippen molar-refractivity contribution in [2.45, 2.75) is 6.92 Å². The number of nitro groups is 1. The van der Waals surface area contributed by atoms with Crippen LogP contribution in [0.4, 0.5) is 5.69 Å². The number of nitrogens with zero attached hydrogens (tertiary/aromatic N) is 3. The third kappa shape index (κ3) is 2.90. The normalized spacial score (nSPS) is 11.2. The van der Waals surface area contributed by atoms with E-state index in [1.807, 2.05) is 0 Å². The first kappa shape index (κ1) is 16.1. The molecule has 0 bridgehead atoms. The Morgan fingerprint density at radius 3 is 2.68 bits per heavy atom. The average Bonchev–Trinajstić information content (AvgIpc) is 2.57. The average molecular weight is 339 g/mol. The summed E-state index contributed by atoms with van der Waals surface area (Å²) >= 11 is 0. The van der Waals surface area contributed by atoms with Gasteiger partial charge in [0.25, 0.3) is 11.2 Å². The van der Waals surface area contributed by atoms with E-state index in [9.17, 15) is 24.8 Å². The molecule has 0 unspecified atom stereocenters. The van der Waals surface area contributed by atoms with Crippen LogP contribution >= 0.6 is 0 Å². The Balaban J connectivity index is 2.15. The van der Waals surface area contributed by atoms with Crippen molar-refractivity contribution >= 4 is 22.8 Å². The van der Waals surface area contributed by atoms with Crippen LogP contribution in [0, 0.1) is 17.0 Å². The van der Waals surface area contributed by atoms with E-state index in [4.69, 9.17) is 0 Å². The molecule has 0 spiro atoms. The fourth-order valence-electron chi connectivity index (χ4n) is 2.36. The van der Waals surface area contributed by atoms with Crippen molar-refractivity contribution in [2.24, 2.45) is 5.10 Å². The second-order valence-corrected chi connectivity index (χ2v) is 5.28. The zero-order valence-corrected chi connectivity index (χ0v) is 12.9. The predicted molar refractivity (Wildman–Crippen MR) is 89.1 cm³/mol. The Bertz CT molecular complexity index is 1140. The van der Waals surface area contributed by atoms with E-state index in [0.29, 0.717) is 10.2 Å². The summed E-state index contributed by atoms with van der Waals surface area (Å²) in [6.45, 7) is 1.43. The van der Waals surface area contributed by atoms with E-state index in [1.165, 1.54) is 13.0 Å². The first-order valence-corrected chi connectivity index (χ1v) is 7.13. The maximum absolute atomic E-state index is 12.3. The lowest BCUT2D eigenvalue weighted by molar-refractivity contribution is -0.385. The fourth-order valence-corrected chi connectivity index (χ4v) is 2.36. The smallest absolute Gasteiger partial charge is 0.349 e. The molecule has 3 rings (SSSR count). The summed E-state index contributed by atoms with van der Waals surface area (Å²) in [6, 6.07) is 8.59. The molecule has 0 amide bonds. The first-order chi connectivity index (χ1) is 11.9. The highest BCUT2D eigenvalue weighted by Gasteiger charge is 2.10. The number of nitro benzene ring substituents is 1. The lowest BCUT2D eigenvalue weighted by Gasteiger charge is -2.13. The van der Waals surface area contributed by atoms with Gasteiger partial charge in [0, 0.05) is 12.1 Å². The van der Waals surface area contributed by atoms with Crippen LogP contribution in [0.25, 0.3) is 10.9 Å². The van der Waals surface area contributed by atoms with Gasteiger partial charge >= 0.3 is 5.69 Å². The highest BCUT2D eigenvalue weighted by atomic mass is 16.6. The van der Waals surface area contributed by atoms with Gasteiger partial charge in [-0.1, -0.05) is 23.4 Å². The molecule has 0 aliphatic rings. The SMILES string of the molecule is Cc1cc([N+](=O)[O-])cc(/C=N/n2c(=O)[nH]c3ccccc3c2=O)c1[O-]. The summed E-state index contributed by atoms with van der Waals surface area (Å²) < 4.78 is 0.565. The number of aromatic amines is 1. The molecule has 1 N–H and O–H groups in total. The van der Waals surface area contributed by atoms with Crippen molar-refractivity contribution in [3.05, 3.63) is 78.5 Å². The number of benzene rings is 2. The van der Waals surface area contributed by atoms with Gasteiger partial charge in [-0.05, 0) is 24.6 Å². The van der Waals surface area contributed by atoms with Crippen molar-refractivity contribution in [1.82, 2.24) is 9.66 Å². The second kappa shape index (κ2) is 6.04. The quantitative estimate of drug-likeness (QED) is 0.429. The maximum Gasteiger partial charge on any atom is 0.349 e. The van der Waals surface area contributed by atoms with E-state index < -0.39 is 21.9 Å². The molecule has 0 saturated heterocycles. The van der Waals surface area contributed by atoms with Gasteiger partial charge in [0.05, 0.1) is 22.0 Å². The van der Waals surface area contributed by atoms with Gasteiger partial charge < -0.3 is 10.1 Å². The molecule has 0 aliphatic heterocycles. The number of para-hydroxylation sites is 1. The molecular formula is C16H11N4O5-. The molecule has 3 aromatic rings. The lowest BCUT2D eigenvalue weighted by Crippen LogP contribution is -2.32. The molecule has 1 heterocycles. The molecule has 2 aromatic carbocycles. The van der Waals surface area contributed by atoms with Crippen LogP contribution in [0.3, 0.4) is 0 Å². The second-order valence-electron chi connectivity index (χ2n) is 5.28. The number of non-ortho nitro benzene ring substituents is 1. The largest absolute Gasteiger partial charge is 0.872 e. The minimum Gasteiger partial charge on any atom is -0.872 e. The monoisotopic (exact) mass is 339 g/mol. The minimum absolute atomic E-state index is 0.0915. The standard InChI is InChI=1S/C16H12N4O5/c1-9-6-11(20(24)25)7-10(14(9)21)8-17-19-15(22)12-4-2-3-5-13(12)18-16(19)23/h2-8,21H,1H3,(H,18,23)/p-1/b17-8+. The van der Waals surface area contributed by atoms with Gasteiger partial charge in [-0.15, -0.1) is 4.68 Å². The Hall–Kier alpha value is -3.75. The van der Waals surface area contributed by atoms with E-state index in [2.05, 4.69) is 10.1 Å². The van der Waals surface area contributed by atoms with Crippen LogP contribution in [0.1, 0.15) is 11.1 Å². The summed E-state index contributed by atoms with van der Waals surface area (Å²) in [5, 5.41) is 26.9. The lowest BCUT2D eigenvalue weighted by atomic mass is 10.1. The summed E-state index contributed by atoms with van der Waals surface area (Å²) in [4.78, 5) is 37.1. The van der Waals surface area contributed by atoms with Crippen LogP contribution in [0.15, 0.2) is 51.1 Å². The van der Waals surface area contributed by atoms with Gasteiger partial charge in [-0.3, -0.25) is 14.9 Å². The summed E-state index contributed by atoms with van der Waals surface area (Å²) in [5.41, 5.74) is -1.29. The van der Waals surface area contributed by atoms with Crippen molar-refractivity contribution in [3.63, 3.8) is 0 Å². The van der Waals surface area contributed by atoms with E-state index in [0.717, 1.165) is 18.3 Å². The van der Waals surface area contributed by atoms with Crippen LogP contribution in [-0.2, 0) is 0 Å². The predicted octanol–water partition coefficient (Wildman–Crippen LogP) is 0.862. The van der Waals surface area contributed by atoms with Gasteiger partial charge in [0.1, 0.15) is 0 Å². The van der Waals surface area contributed by atoms with Gasteiger partial charge in [-0.2, -0.15) is 5.10 Å². The number of aryl methyl sites for hydroxylation is 1. The molecule has 126 valence electrons. The molecule has 25 heavy (non-hydrogen) atoms. The van der Waals surface area contributed by atoms with Gasteiger partial charge in [0.2, 0.25) is 0 Å². The highest BCUT2D eigenvalue weighted by Crippen LogP contribution is 2.24. The van der Waals surface area contributed by atoms with Crippen LogP contribution in [0.2, 0.25) is 0 Å². The molecule has 9 nitrogen and oxygen atoms in total. The highest BCUT2D eigenvalue weighted by molar-refractivity contribution is 5.85. The zero-order valence-electron chi connectivity index (χ0n) is 12.9.